The van der Waals surface area contributed by atoms with Crippen molar-refractivity contribution in [3.05, 3.63) is 11.8 Å². The lowest BCUT2D eigenvalue weighted by Gasteiger charge is -1.98. The average molecular weight is 142 g/mol. The Kier molecular flexibility index (Phi) is 4.37. The van der Waals surface area contributed by atoms with Crippen molar-refractivity contribution in [3.63, 3.8) is 0 Å². The molecule has 3 heteroatoms. The predicted octanol–water partition coefficient (Wildman–Crippen LogP) is 0.246. The average Bonchev–Trinajstić information content (AvgIpc) is 1.98. The third-order valence-corrected chi connectivity index (χ3v) is 1.11. The Bertz CT molecular complexity index is 141. The molecule has 0 aromatic carbocycles. The summed E-state index contributed by atoms with van der Waals surface area (Å²) in [6.45, 7) is 4.59. The molecule has 0 heterocycles. The summed E-state index contributed by atoms with van der Waals surface area (Å²) in [5, 5.41) is 5.47. The smallest absolute Gasteiger partial charge is 0.248 e. The summed E-state index contributed by atoms with van der Waals surface area (Å²) in [5.74, 6) is -0.0408. The van der Waals surface area contributed by atoms with Crippen LogP contribution < -0.4 is 10.6 Å². The van der Waals surface area contributed by atoms with Gasteiger partial charge in [-0.15, -0.1) is 0 Å². The minimum Gasteiger partial charge on any atom is -0.391 e. The molecule has 58 valence electrons. The van der Waals surface area contributed by atoms with Crippen LogP contribution >= 0.6 is 0 Å². The van der Waals surface area contributed by atoms with Crippen molar-refractivity contribution < 1.29 is 4.79 Å². The maximum absolute atomic E-state index is 10.8. The fraction of sp³-hybridized carbons (Fsp3) is 0.571. The Morgan fingerprint density at radius 3 is 2.60 bits per heavy atom. The first-order valence-electron chi connectivity index (χ1n) is 3.34. The summed E-state index contributed by atoms with van der Waals surface area (Å²) in [5.41, 5.74) is 0.698. The van der Waals surface area contributed by atoms with Gasteiger partial charge >= 0.3 is 0 Å². The molecule has 0 saturated heterocycles. The van der Waals surface area contributed by atoms with Gasteiger partial charge in [-0.2, -0.15) is 0 Å². The zero-order chi connectivity index (χ0) is 7.98. The minimum atomic E-state index is -0.0408. The van der Waals surface area contributed by atoms with E-state index in [1.54, 1.807) is 20.2 Å². The van der Waals surface area contributed by atoms with E-state index in [-0.39, 0.29) is 5.91 Å². The Morgan fingerprint density at radius 2 is 2.20 bits per heavy atom. The van der Waals surface area contributed by atoms with Crippen LogP contribution in [-0.4, -0.2) is 19.5 Å². The summed E-state index contributed by atoms with van der Waals surface area (Å²) < 4.78 is 0. The van der Waals surface area contributed by atoms with Gasteiger partial charge in [0.25, 0.3) is 0 Å². The highest BCUT2D eigenvalue weighted by Gasteiger charge is 1.97. The van der Waals surface area contributed by atoms with Crippen LogP contribution in [0, 0.1) is 0 Å². The van der Waals surface area contributed by atoms with Crippen molar-refractivity contribution in [2.45, 2.75) is 13.8 Å². The molecule has 1 amide bonds. The second kappa shape index (κ2) is 4.85. The van der Waals surface area contributed by atoms with Crippen LogP contribution in [0.4, 0.5) is 0 Å². The van der Waals surface area contributed by atoms with Crippen LogP contribution in [0.2, 0.25) is 0 Å². The molecule has 0 atom stereocenters. The number of amides is 1. The molecule has 0 aromatic heterocycles. The number of rotatable bonds is 3. The fourth-order valence-corrected chi connectivity index (χ4v) is 0.518. The first-order chi connectivity index (χ1) is 4.72. The molecule has 0 unspecified atom stereocenters. The molecule has 0 bridgehead atoms. The molecule has 0 aliphatic heterocycles. The number of carbonyl (C=O) groups is 1. The zero-order valence-electron chi connectivity index (χ0n) is 6.69. The largest absolute Gasteiger partial charge is 0.391 e. The van der Waals surface area contributed by atoms with E-state index in [0.29, 0.717) is 5.57 Å². The Hall–Kier alpha value is -0.990. The summed E-state index contributed by atoms with van der Waals surface area (Å²) in [6, 6.07) is 0. The normalized spacial score (nSPS) is 10.9. The Morgan fingerprint density at radius 1 is 1.60 bits per heavy atom. The highest BCUT2D eigenvalue weighted by atomic mass is 16.1. The van der Waals surface area contributed by atoms with Gasteiger partial charge in [0.1, 0.15) is 0 Å². The van der Waals surface area contributed by atoms with Crippen LogP contribution in [-0.2, 0) is 4.79 Å². The third-order valence-electron chi connectivity index (χ3n) is 1.11. The van der Waals surface area contributed by atoms with Crippen molar-refractivity contribution in [3.8, 4) is 0 Å². The Balaban J connectivity index is 3.80. The maximum Gasteiger partial charge on any atom is 0.248 e. The number of carbonyl (C=O) groups excluding carboxylic acids is 1. The van der Waals surface area contributed by atoms with Gasteiger partial charge in [0.15, 0.2) is 0 Å². The lowest BCUT2D eigenvalue weighted by molar-refractivity contribution is -0.117. The summed E-state index contributed by atoms with van der Waals surface area (Å²) in [7, 11) is 1.62. The SMILES string of the molecule is CCN/C=C(\C)C(=O)NC. The molecule has 0 rings (SSSR count). The molecule has 0 aromatic rings. The van der Waals surface area contributed by atoms with E-state index in [1.807, 2.05) is 6.92 Å². The predicted molar refractivity (Wildman–Crippen MR) is 41.5 cm³/mol. The number of hydrogen-bond donors (Lipinski definition) is 2. The summed E-state index contributed by atoms with van der Waals surface area (Å²) in [6.07, 6.45) is 1.71. The van der Waals surface area contributed by atoms with Crippen molar-refractivity contribution in [2.24, 2.45) is 0 Å². The second-order valence-electron chi connectivity index (χ2n) is 1.96. The van der Waals surface area contributed by atoms with Gasteiger partial charge in [0.05, 0.1) is 0 Å². The van der Waals surface area contributed by atoms with E-state index >= 15 is 0 Å². The van der Waals surface area contributed by atoms with Gasteiger partial charge in [0, 0.05) is 25.4 Å². The number of likely N-dealkylation sites (N-methyl/N-ethyl adjacent to an activating group) is 1. The molecule has 3 nitrogen and oxygen atoms in total. The van der Waals surface area contributed by atoms with Crippen molar-refractivity contribution >= 4 is 5.91 Å². The Labute approximate surface area is 61.5 Å². The van der Waals surface area contributed by atoms with E-state index < -0.39 is 0 Å². The maximum atomic E-state index is 10.8. The van der Waals surface area contributed by atoms with Crippen LogP contribution in [0.25, 0.3) is 0 Å². The number of nitrogens with one attached hydrogen (secondary N) is 2. The highest BCUT2D eigenvalue weighted by Crippen LogP contribution is 1.87. The number of hydrogen-bond acceptors (Lipinski definition) is 2. The first-order valence-corrected chi connectivity index (χ1v) is 3.34. The quantitative estimate of drug-likeness (QED) is 0.554. The molecule has 2 N–H and O–H groups in total. The van der Waals surface area contributed by atoms with Crippen LogP contribution in [0.15, 0.2) is 11.8 Å². The first kappa shape index (κ1) is 9.01. The molecule has 0 radical (unpaired) electrons. The van der Waals surface area contributed by atoms with E-state index in [0.717, 1.165) is 6.54 Å². The van der Waals surface area contributed by atoms with Gasteiger partial charge in [-0.05, 0) is 13.8 Å². The van der Waals surface area contributed by atoms with E-state index in [2.05, 4.69) is 10.6 Å². The molecule has 0 fully saturated rings. The highest BCUT2D eigenvalue weighted by molar-refractivity contribution is 5.92. The molecule has 0 aliphatic carbocycles. The van der Waals surface area contributed by atoms with Gasteiger partial charge in [0.2, 0.25) is 5.91 Å². The van der Waals surface area contributed by atoms with Gasteiger partial charge in [-0.1, -0.05) is 0 Å². The van der Waals surface area contributed by atoms with Gasteiger partial charge in [-0.3, -0.25) is 4.79 Å². The molecule has 0 saturated carbocycles. The van der Waals surface area contributed by atoms with Crippen LogP contribution in [0.1, 0.15) is 13.8 Å². The van der Waals surface area contributed by atoms with Crippen molar-refractivity contribution in [1.82, 2.24) is 10.6 Å². The molecule has 10 heavy (non-hydrogen) atoms. The van der Waals surface area contributed by atoms with Gasteiger partial charge < -0.3 is 10.6 Å². The molecule has 0 spiro atoms. The van der Waals surface area contributed by atoms with Crippen molar-refractivity contribution in [1.29, 1.82) is 0 Å². The molecular weight excluding hydrogens is 128 g/mol. The van der Waals surface area contributed by atoms with E-state index in [1.165, 1.54) is 0 Å². The van der Waals surface area contributed by atoms with E-state index in [4.69, 9.17) is 0 Å². The standard InChI is InChI=1S/C7H14N2O/c1-4-9-5-6(2)7(10)8-3/h5,9H,4H2,1-3H3,(H,8,10)/b6-5+. The fourth-order valence-electron chi connectivity index (χ4n) is 0.518. The van der Waals surface area contributed by atoms with E-state index in [9.17, 15) is 4.79 Å². The zero-order valence-corrected chi connectivity index (χ0v) is 6.69. The lowest BCUT2D eigenvalue weighted by atomic mass is 10.3. The van der Waals surface area contributed by atoms with Crippen LogP contribution in [0.5, 0.6) is 0 Å². The summed E-state index contributed by atoms with van der Waals surface area (Å²) >= 11 is 0. The third kappa shape index (κ3) is 3.12. The van der Waals surface area contributed by atoms with Crippen molar-refractivity contribution in [2.75, 3.05) is 13.6 Å². The summed E-state index contributed by atoms with van der Waals surface area (Å²) in [4.78, 5) is 10.8. The monoisotopic (exact) mass is 142 g/mol. The molecule has 0 aliphatic rings. The molecular formula is C7H14N2O. The van der Waals surface area contributed by atoms with Crippen LogP contribution in [0.3, 0.4) is 0 Å². The second-order valence-corrected chi connectivity index (χ2v) is 1.96. The topological polar surface area (TPSA) is 41.1 Å². The van der Waals surface area contributed by atoms with Gasteiger partial charge in [-0.25, -0.2) is 0 Å². The minimum absolute atomic E-state index is 0.0408. The lowest BCUT2D eigenvalue weighted by Crippen LogP contribution is -2.20.